The lowest BCUT2D eigenvalue weighted by Gasteiger charge is -2.33. The van der Waals surface area contributed by atoms with Gasteiger partial charge >= 0.3 is 0 Å². The highest BCUT2D eigenvalue weighted by molar-refractivity contribution is 4.96. The predicted molar refractivity (Wildman–Crippen MR) is 56.6 cm³/mol. The van der Waals surface area contributed by atoms with Gasteiger partial charge in [-0.3, -0.25) is 0 Å². The van der Waals surface area contributed by atoms with E-state index in [1.165, 1.54) is 25.8 Å². The monoisotopic (exact) mass is 180 g/mol. The molecule has 0 aromatic carbocycles. The van der Waals surface area contributed by atoms with Gasteiger partial charge in [0.05, 0.1) is 6.04 Å². The number of hydrogen-bond acceptors (Lipinski definition) is 2. The van der Waals surface area contributed by atoms with Crippen LogP contribution in [-0.2, 0) is 0 Å². The third-order valence-electron chi connectivity index (χ3n) is 2.83. The number of terminal acetylenes is 1. The number of likely N-dealkylation sites (tertiary alicyclic amines) is 1. The Bertz CT molecular complexity index is 183. The van der Waals surface area contributed by atoms with Crippen LogP contribution in [0.25, 0.3) is 0 Å². The van der Waals surface area contributed by atoms with Crippen molar-refractivity contribution >= 4 is 0 Å². The second kappa shape index (κ2) is 5.26. The van der Waals surface area contributed by atoms with Crippen molar-refractivity contribution in [3.8, 4) is 12.3 Å². The van der Waals surface area contributed by atoms with Crippen LogP contribution in [0.4, 0.5) is 0 Å². The van der Waals surface area contributed by atoms with E-state index < -0.39 is 0 Å². The first kappa shape index (κ1) is 10.6. The zero-order valence-corrected chi connectivity index (χ0v) is 8.71. The third kappa shape index (κ3) is 3.38. The lowest BCUT2D eigenvalue weighted by Crippen LogP contribution is -2.44. The minimum Gasteiger partial charge on any atom is -0.302 e. The summed E-state index contributed by atoms with van der Waals surface area (Å²) in [4.78, 5) is 2.43. The van der Waals surface area contributed by atoms with Gasteiger partial charge in [-0.2, -0.15) is 0 Å². The smallest absolute Gasteiger partial charge is 0.0658 e. The second-order valence-corrected chi connectivity index (χ2v) is 3.93. The van der Waals surface area contributed by atoms with Crippen molar-refractivity contribution < 1.29 is 0 Å². The van der Waals surface area contributed by atoms with Gasteiger partial charge in [-0.25, -0.2) is 0 Å². The van der Waals surface area contributed by atoms with Crippen LogP contribution in [0.2, 0.25) is 0 Å². The van der Waals surface area contributed by atoms with Gasteiger partial charge in [0.15, 0.2) is 0 Å². The fourth-order valence-corrected chi connectivity index (χ4v) is 1.77. The molecule has 13 heavy (non-hydrogen) atoms. The summed E-state index contributed by atoms with van der Waals surface area (Å²) in [6, 6.07) is 0.889. The molecule has 1 aliphatic heterocycles. The summed E-state index contributed by atoms with van der Waals surface area (Å²) in [5.41, 5.74) is 0. The highest BCUT2D eigenvalue weighted by Crippen LogP contribution is 2.13. The molecule has 2 heteroatoms. The van der Waals surface area contributed by atoms with Crippen molar-refractivity contribution in [1.82, 2.24) is 10.2 Å². The Hall–Kier alpha value is -0.520. The van der Waals surface area contributed by atoms with E-state index in [4.69, 9.17) is 6.42 Å². The molecule has 2 atom stereocenters. The Balaban J connectivity index is 2.23. The summed E-state index contributed by atoms with van der Waals surface area (Å²) in [6.45, 7) is 4.29. The van der Waals surface area contributed by atoms with Gasteiger partial charge in [-0.05, 0) is 33.4 Å². The zero-order valence-electron chi connectivity index (χ0n) is 8.71. The molecule has 2 nitrogen and oxygen atoms in total. The molecule has 0 radical (unpaired) electrons. The maximum Gasteiger partial charge on any atom is 0.0658 e. The molecule has 0 aliphatic carbocycles. The van der Waals surface area contributed by atoms with E-state index in [1.807, 2.05) is 6.92 Å². The van der Waals surface area contributed by atoms with Crippen molar-refractivity contribution in [1.29, 1.82) is 0 Å². The van der Waals surface area contributed by atoms with E-state index in [2.05, 4.69) is 23.2 Å². The van der Waals surface area contributed by atoms with Crippen LogP contribution in [-0.4, -0.2) is 37.1 Å². The molecule has 1 saturated heterocycles. The van der Waals surface area contributed by atoms with Crippen molar-refractivity contribution in [2.45, 2.75) is 38.3 Å². The number of nitrogens with one attached hydrogen (secondary N) is 1. The largest absolute Gasteiger partial charge is 0.302 e. The first-order chi connectivity index (χ1) is 6.24. The van der Waals surface area contributed by atoms with Crippen molar-refractivity contribution in [2.24, 2.45) is 0 Å². The van der Waals surface area contributed by atoms with Crippen molar-refractivity contribution in [2.75, 3.05) is 20.1 Å². The minimum absolute atomic E-state index is 0.204. The quantitative estimate of drug-likeness (QED) is 0.654. The van der Waals surface area contributed by atoms with Crippen LogP contribution < -0.4 is 5.32 Å². The van der Waals surface area contributed by atoms with Gasteiger partial charge in [-0.15, -0.1) is 6.42 Å². The third-order valence-corrected chi connectivity index (χ3v) is 2.83. The summed E-state index contributed by atoms with van der Waals surface area (Å²) < 4.78 is 0. The number of nitrogens with zero attached hydrogens (tertiary/aromatic N) is 1. The SMILES string of the molecule is C#CC(C)NCC1CCCCN1C. The number of rotatable bonds is 3. The van der Waals surface area contributed by atoms with E-state index in [0.29, 0.717) is 6.04 Å². The average Bonchev–Trinajstić information content (AvgIpc) is 2.16. The molecule has 1 N–H and O–H groups in total. The minimum atomic E-state index is 0.204. The second-order valence-electron chi connectivity index (χ2n) is 3.93. The fraction of sp³-hybridized carbons (Fsp3) is 0.818. The fourth-order valence-electron chi connectivity index (χ4n) is 1.77. The van der Waals surface area contributed by atoms with E-state index in [1.54, 1.807) is 0 Å². The molecule has 1 heterocycles. The van der Waals surface area contributed by atoms with E-state index in [-0.39, 0.29) is 6.04 Å². The van der Waals surface area contributed by atoms with Crippen molar-refractivity contribution in [3.63, 3.8) is 0 Å². The molecular formula is C11H20N2. The number of likely N-dealkylation sites (N-methyl/N-ethyl adjacent to an activating group) is 1. The first-order valence-electron chi connectivity index (χ1n) is 5.14. The van der Waals surface area contributed by atoms with Crippen molar-refractivity contribution in [3.05, 3.63) is 0 Å². The molecule has 0 aromatic heterocycles. The summed E-state index contributed by atoms with van der Waals surface area (Å²) in [5, 5.41) is 3.35. The molecular weight excluding hydrogens is 160 g/mol. The van der Waals surface area contributed by atoms with Crippen LogP contribution in [0, 0.1) is 12.3 Å². The molecule has 0 bridgehead atoms. The van der Waals surface area contributed by atoms with E-state index in [9.17, 15) is 0 Å². The topological polar surface area (TPSA) is 15.3 Å². The lowest BCUT2D eigenvalue weighted by molar-refractivity contribution is 0.180. The standard InChI is InChI=1S/C11H20N2/c1-4-10(2)12-9-11-7-5-6-8-13(11)3/h1,10-12H,5-9H2,2-3H3. The number of piperidine rings is 1. The molecule has 74 valence electrons. The van der Waals surface area contributed by atoms with Gasteiger partial charge in [0, 0.05) is 12.6 Å². The highest BCUT2D eigenvalue weighted by atomic mass is 15.2. The first-order valence-corrected chi connectivity index (χ1v) is 5.14. The van der Waals surface area contributed by atoms with Crippen LogP contribution in [0.15, 0.2) is 0 Å². The Labute approximate surface area is 81.7 Å². The Kier molecular flexibility index (Phi) is 4.27. The van der Waals surface area contributed by atoms with Gasteiger partial charge in [0.1, 0.15) is 0 Å². The summed E-state index contributed by atoms with van der Waals surface area (Å²) in [7, 11) is 2.20. The Morgan fingerprint density at radius 1 is 1.62 bits per heavy atom. The molecule has 0 aromatic rings. The van der Waals surface area contributed by atoms with Gasteiger partial charge in [0.2, 0.25) is 0 Å². The molecule has 0 saturated carbocycles. The summed E-state index contributed by atoms with van der Waals surface area (Å²) in [5.74, 6) is 2.69. The molecule has 1 fully saturated rings. The average molecular weight is 180 g/mol. The zero-order chi connectivity index (χ0) is 9.68. The summed E-state index contributed by atoms with van der Waals surface area (Å²) in [6.07, 6.45) is 9.31. The molecule has 1 aliphatic rings. The molecule has 1 rings (SSSR count). The van der Waals surface area contributed by atoms with Crippen LogP contribution in [0.3, 0.4) is 0 Å². The highest BCUT2D eigenvalue weighted by Gasteiger charge is 2.18. The lowest BCUT2D eigenvalue weighted by atomic mass is 10.0. The molecule has 0 amide bonds. The Morgan fingerprint density at radius 3 is 3.00 bits per heavy atom. The van der Waals surface area contributed by atoms with Gasteiger partial charge in [-0.1, -0.05) is 12.3 Å². The van der Waals surface area contributed by atoms with E-state index >= 15 is 0 Å². The van der Waals surface area contributed by atoms with Crippen LogP contribution in [0.1, 0.15) is 26.2 Å². The summed E-state index contributed by atoms with van der Waals surface area (Å²) >= 11 is 0. The van der Waals surface area contributed by atoms with Gasteiger partial charge < -0.3 is 10.2 Å². The van der Waals surface area contributed by atoms with E-state index in [0.717, 1.165) is 6.54 Å². The predicted octanol–water partition coefficient (Wildman–Crippen LogP) is 1.08. The Morgan fingerprint density at radius 2 is 2.38 bits per heavy atom. The van der Waals surface area contributed by atoms with Crippen LogP contribution >= 0.6 is 0 Å². The number of hydrogen-bond donors (Lipinski definition) is 1. The van der Waals surface area contributed by atoms with Crippen LogP contribution in [0.5, 0.6) is 0 Å². The molecule has 2 unspecified atom stereocenters. The normalized spacial score (nSPS) is 26.7. The van der Waals surface area contributed by atoms with Gasteiger partial charge in [0.25, 0.3) is 0 Å². The molecule has 0 spiro atoms. The maximum absolute atomic E-state index is 5.30. The maximum atomic E-state index is 5.30.